The Morgan fingerprint density at radius 2 is 1.72 bits per heavy atom. The van der Waals surface area contributed by atoms with Gasteiger partial charge in [-0.05, 0) is 61.0 Å². The first kappa shape index (κ1) is 21.0. The van der Waals surface area contributed by atoms with Gasteiger partial charge in [-0.2, -0.15) is 0 Å². The van der Waals surface area contributed by atoms with Gasteiger partial charge in [0.25, 0.3) is 5.91 Å². The Hall–Kier alpha value is -2.87. The van der Waals surface area contributed by atoms with E-state index in [1.165, 1.54) is 9.96 Å². The van der Waals surface area contributed by atoms with Crippen LogP contribution in [0.2, 0.25) is 5.02 Å². The van der Waals surface area contributed by atoms with Crippen molar-refractivity contribution in [2.45, 2.75) is 19.1 Å². The van der Waals surface area contributed by atoms with E-state index in [1.54, 1.807) is 54.6 Å². The fraction of sp³-hybridized carbons (Fsp3) is 0.167. The number of hydrogen-bond acceptors (Lipinski definition) is 5. The monoisotopic (exact) mass is 512 g/mol. The lowest BCUT2D eigenvalue weighted by Gasteiger charge is -2.29. The first-order valence-corrected chi connectivity index (χ1v) is 11.2. The number of imide groups is 1. The number of hydrogen-bond donors (Lipinski definition) is 1. The van der Waals surface area contributed by atoms with Crippen molar-refractivity contribution in [3.8, 4) is 5.75 Å². The Kier molecular flexibility index (Phi) is 5.20. The predicted octanol–water partition coefficient (Wildman–Crippen LogP) is 5.17. The van der Waals surface area contributed by atoms with Gasteiger partial charge in [-0.3, -0.25) is 14.4 Å². The van der Waals surface area contributed by atoms with E-state index in [4.69, 9.17) is 16.4 Å². The summed E-state index contributed by atoms with van der Waals surface area (Å²) in [5.74, 6) is -1.62. The number of halogens is 2. The van der Waals surface area contributed by atoms with E-state index in [9.17, 15) is 14.7 Å². The molecule has 0 spiro atoms. The molecule has 2 aliphatic heterocycles. The molecule has 2 fully saturated rings. The van der Waals surface area contributed by atoms with E-state index >= 15 is 0 Å². The standard InChI is InChI=1S/C24H18BrClN2O4/c1-13-4-2-3-5-18(13)27-23(30)20-21(17-12-14(25)6-11-19(17)29)28(32-22(20)24(27)31)16-9-7-15(26)8-10-16/h2-12,20-22,29H,1H3. The molecule has 1 N–H and O–H groups in total. The van der Waals surface area contributed by atoms with Crippen molar-refractivity contribution in [1.82, 2.24) is 0 Å². The number of anilines is 2. The molecule has 3 aromatic rings. The third kappa shape index (κ3) is 3.28. The van der Waals surface area contributed by atoms with Gasteiger partial charge < -0.3 is 5.11 Å². The maximum Gasteiger partial charge on any atom is 0.266 e. The SMILES string of the molecule is Cc1ccccc1N1C(=O)C2ON(c3ccc(Cl)cc3)C(c3cc(Br)ccc3O)C2C1=O. The third-order valence-electron chi connectivity index (χ3n) is 5.86. The number of rotatable bonds is 3. The van der Waals surface area contributed by atoms with Gasteiger partial charge >= 0.3 is 0 Å². The summed E-state index contributed by atoms with van der Waals surface area (Å²) in [5, 5.41) is 12.7. The summed E-state index contributed by atoms with van der Waals surface area (Å²) in [7, 11) is 0. The van der Waals surface area contributed by atoms with E-state index < -0.39 is 24.0 Å². The fourth-order valence-electron chi connectivity index (χ4n) is 4.36. The van der Waals surface area contributed by atoms with Gasteiger partial charge in [-0.1, -0.05) is 45.7 Å². The van der Waals surface area contributed by atoms with Gasteiger partial charge in [-0.15, -0.1) is 0 Å². The molecule has 6 nitrogen and oxygen atoms in total. The van der Waals surface area contributed by atoms with Crippen LogP contribution in [-0.4, -0.2) is 23.0 Å². The van der Waals surface area contributed by atoms with E-state index in [1.807, 2.05) is 19.1 Å². The van der Waals surface area contributed by atoms with Gasteiger partial charge in [0, 0.05) is 15.1 Å². The second-order valence-electron chi connectivity index (χ2n) is 7.80. The van der Waals surface area contributed by atoms with Crippen molar-refractivity contribution >= 4 is 50.7 Å². The molecule has 0 aliphatic carbocycles. The second kappa shape index (κ2) is 7.92. The van der Waals surface area contributed by atoms with Crippen LogP contribution in [-0.2, 0) is 14.4 Å². The number of nitrogens with zero attached hydrogens (tertiary/aromatic N) is 2. The van der Waals surface area contributed by atoms with Gasteiger partial charge in [0.1, 0.15) is 11.7 Å². The zero-order valence-corrected chi connectivity index (χ0v) is 19.2. The maximum absolute atomic E-state index is 13.6. The summed E-state index contributed by atoms with van der Waals surface area (Å²) in [6.45, 7) is 1.85. The first-order valence-electron chi connectivity index (χ1n) is 10.0. The Morgan fingerprint density at radius 3 is 2.44 bits per heavy atom. The number of aromatic hydroxyl groups is 1. The highest BCUT2D eigenvalue weighted by atomic mass is 79.9. The molecule has 3 aromatic carbocycles. The third-order valence-corrected chi connectivity index (χ3v) is 6.61. The van der Waals surface area contributed by atoms with Gasteiger partial charge in [0.05, 0.1) is 17.4 Å². The zero-order chi connectivity index (χ0) is 22.6. The van der Waals surface area contributed by atoms with E-state index in [2.05, 4.69) is 15.9 Å². The van der Waals surface area contributed by atoms with E-state index in [0.29, 0.717) is 22.0 Å². The number of amides is 2. The largest absolute Gasteiger partial charge is 0.508 e. The normalized spacial score (nSPS) is 22.5. The molecule has 0 radical (unpaired) electrons. The van der Waals surface area contributed by atoms with Crippen LogP contribution in [0.15, 0.2) is 71.2 Å². The average Bonchev–Trinajstić information content (AvgIpc) is 3.27. The minimum atomic E-state index is -1.01. The summed E-state index contributed by atoms with van der Waals surface area (Å²) >= 11 is 9.48. The van der Waals surface area contributed by atoms with Crippen molar-refractivity contribution in [3.05, 3.63) is 87.4 Å². The minimum absolute atomic E-state index is 0.0102. The highest BCUT2D eigenvalue weighted by Gasteiger charge is 2.60. The van der Waals surface area contributed by atoms with Crippen molar-refractivity contribution in [1.29, 1.82) is 0 Å². The number of phenols is 1. The Morgan fingerprint density at radius 1 is 1.00 bits per heavy atom. The molecule has 8 heteroatoms. The van der Waals surface area contributed by atoms with Crippen LogP contribution in [0.25, 0.3) is 0 Å². The van der Waals surface area contributed by atoms with Crippen molar-refractivity contribution < 1.29 is 19.5 Å². The highest BCUT2D eigenvalue weighted by molar-refractivity contribution is 9.10. The molecule has 0 aromatic heterocycles. The molecule has 3 atom stereocenters. The number of carbonyl (C=O) groups excluding carboxylic acids is 2. The van der Waals surface area contributed by atoms with Gasteiger partial charge in [-0.25, -0.2) is 9.96 Å². The number of phenolic OH excluding ortho intramolecular Hbond substituents is 1. The smallest absolute Gasteiger partial charge is 0.266 e. The first-order chi connectivity index (χ1) is 15.4. The molecule has 162 valence electrons. The van der Waals surface area contributed by atoms with Crippen LogP contribution < -0.4 is 9.96 Å². The van der Waals surface area contributed by atoms with E-state index in [0.717, 1.165) is 10.0 Å². The molecule has 2 saturated heterocycles. The Balaban J connectivity index is 1.63. The molecule has 0 saturated carbocycles. The highest BCUT2D eigenvalue weighted by Crippen LogP contribution is 2.50. The van der Waals surface area contributed by atoms with Crippen molar-refractivity contribution in [2.24, 2.45) is 5.92 Å². The van der Waals surface area contributed by atoms with Crippen LogP contribution in [0.4, 0.5) is 11.4 Å². The predicted molar refractivity (Wildman–Crippen MR) is 125 cm³/mol. The summed E-state index contributed by atoms with van der Waals surface area (Å²) in [4.78, 5) is 34.3. The van der Waals surface area contributed by atoms with Crippen LogP contribution in [0.5, 0.6) is 5.75 Å². The molecular weight excluding hydrogens is 496 g/mol. The van der Waals surface area contributed by atoms with Crippen molar-refractivity contribution in [3.63, 3.8) is 0 Å². The maximum atomic E-state index is 13.6. The molecule has 2 aliphatic rings. The number of aryl methyl sites for hydroxylation is 1. The summed E-state index contributed by atoms with van der Waals surface area (Å²) in [6.07, 6.45) is -1.01. The minimum Gasteiger partial charge on any atom is -0.508 e. The van der Waals surface area contributed by atoms with Gasteiger partial charge in [0.15, 0.2) is 6.10 Å². The number of carbonyl (C=O) groups is 2. The van der Waals surface area contributed by atoms with Crippen LogP contribution in [0.3, 0.4) is 0 Å². The summed E-state index contributed by atoms with van der Waals surface area (Å²) in [5.41, 5.74) is 2.45. The number of fused-ring (bicyclic) bond motifs is 1. The lowest BCUT2D eigenvalue weighted by atomic mass is 9.90. The summed E-state index contributed by atoms with van der Waals surface area (Å²) < 4.78 is 0.734. The molecule has 2 heterocycles. The van der Waals surface area contributed by atoms with Crippen molar-refractivity contribution in [2.75, 3.05) is 9.96 Å². The second-order valence-corrected chi connectivity index (χ2v) is 9.15. The number of hydroxylamine groups is 1. The molecule has 32 heavy (non-hydrogen) atoms. The molecule has 5 rings (SSSR count). The molecule has 0 bridgehead atoms. The lowest BCUT2D eigenvalue weighted by Crippen LogP contribution is -2.37. The number of para-hydroxylation sites is 1. The average molecular weight is 514 g/mol. The van der Waals surface area contributed by atoms with Crippen LogP contribution in [0, 0.1) is 12.8 Å². The number of benzene rings is 3. The zero-order valence-electron chi connectivity index (χ0n) is 16.9. The quantitative estimate of drug-likeness (QED) is 0.490. The fourth-order valence-corrected chi connectivity index (χ4v) is 4.86. The van der Waals surface area contributed by atoms with E-state index in [-0.39, 0.29) is 11.7 Å². The Labute approximate surface area is 198 Å². The Bertz CT molecular complexity index is 1230. The topological polar surface area (TPSA) is 70.1 Å². The lowest BCUT2D eigenvalue weighted by molar-refractivity contribution is -0.126. The van der Waals surface area contributed by atoms with Crippen LogP contribution >= 0.6 is 27.5 Å². The molecule has 2 amide bonds. The summed E-state index contributed by atoms with van der Waals surface area (Å²) in [6, 6.07) is 18.4. The molecular formula is C24H18BrClN2O4. The molecule has 3 unspecified atom stereocenters. The van der Waals surface area contributed by atoms with Crippen LogP contribution in [0.1, 0.15) is 17.2 Å². The van der Waals surface area contributed by atoms with Gasteiger partial charge in [0.2, 0.25) is 5.91 Å².